The Labute approximate surface area is 93.9 Å². The van der Waals surface area contributed by atoms with Gasteiger partial charge in [-0.2, -0.15) is 5.26 Å². The zero-order valence-electron chi connectivity index (χ0n) is 8.76. The molecule has 0 unspecified atom stereocenters. The molecule has 0 aliphatic rings. The first-order valence-corrected chi connectivity index (χ1v) is 5.40. The van der Waals surface area contributed by atoms with E-state index >= 15 is 0 Å². The van der Waals surface area contributed by atoms with Gasteiger partial charge in [0.05, 0.1) is 12.5 Å². The van der Waals surface area contributed by atoms with Gasteiger partial charge in [-0.05, 0) is 28.7 Å². The molecule has 0 N–H and O–H groups in total. The summed E-state index contributed by atoms with van der Waals surface area (Å²) in [5.41, 5.74) is 2.48. The molecule has 14 heavy (non-hydrogen) atoms. The summed E-state index contributed by atoms with van der Waals surface area (Å²) in [6.07, 6.45) is 0.478. The maximum Gasteiger partial charge on any atom is 0.0669 e. The summed E-state index contributed by atoms with van der Waals surface area (Å²) >= 11 is 3.42. The molecule has 0 aliphatic carbocycles. The number of nitriles is 1. The average Bonchev–Trinajstić information content (AvgIpc) is 2.02. The van der Waals surface area contributed by atoms with Gasteiger partial charge in [-0.3, -0.25) is 0 Å². The lowest BCUT2D eigenvalue weighted by molar-refractivity contribution is 0.584. The maximum atomic E-state index is 8.74. The fourth-order valence-corrected chi connectivity index (χ4v) is 1.93. The van der Waals surface area contributed by atoms with Crippen molar-refractivity contribution in [2.24, 2.45) is 0 Å². The van der Waals surface area contributed by atoms with E-state index in [1.807, 2.05) is 12.1 Å². The lowest BCUT2D eigenvalue weighted by atomic mass is 9.83. The molecule has 0 spiro atoms. The third-order valence-electron chi connectivity index (χ3n) is 2.14. The number of halogens is 1. The lowest BCUT2D eigenvalue weighted by Gasteiger charge is -2.22. The van der Waals surface area contributed by atoms with Crippen LogP contribution in [0.1, 0.15) is 31.9 Å². The monoisotopic (exact) mass is 251 g/mol. The summed E-state index contributed by atoms with van der Waals surface area (Å²) in [5.74, 6) is 0. The molecule has 0 heterocycles. The molecule has 2 heteroatoms. The second-order valence-electron chi connectivity index (χ2n) is 4.39. The molecule has 0 saturated carbocycles. The van der Waals surface area contributed by atoms with Gasteiger partial charge in [0.25, 0.3) is 0 Å². The molecule has 0 radical (unpaired) electrons. The van der Waals surface area contributed by atoms with E-state index in [0.717, 1.165) is 10.0 Å². The summed E-state index contributed by atoms with van der Waals surface area (Å²) < 4.78 is 1.04. The molecular formula is C12H14BrN. The van der Waals surface area contributed by atoms with Gasteiger partial charge < -0.3 is 0 Å². The van der Waals surface area contributed by atoms with Gasteiger partial charge in [-0.15, -0.1) is 0 Å². The van der Waals surface area contributed by atoms with Crippen LogP contribution < -0.4 is 0 Å². The van der Waals surface area contributed by atoms with Crippen molar-refractivity contribution in [1.82, 2.24) is 0 Å². The zero-order valence-corrected chi connectivity index (χ0v) is 10.4. The predicted molar refractivity (Wildman–Crippen MR) is 62.2 cm³/mol. The van der Waals surface area contributed by atoms with Gasteiger partial charge in [0.15, 0.2) is 0 Å². The van der Waals surface area contributed by atoms with Crippen molar-refractivity contribution in [1.29, 1.82) is 5.26 Å². The molecule has 1 aromatic rings. The second kappa shape index (κ2) is 4.14. The number of hydrogen-bond donors (Lipinski definition) is 0. The van der Waals surface area contributed by atoms with Crippen molar-refractivity contribution >= 4 is 15.9 Å². The van der Waals surface area contributed by atoms with Crippen molar-refractivity contribution in [3.63, 3.8) is 0 Å². The first-order chi connectivity index (χ1) is 6.45. The second-order valence-corrected chi connectivity index (χ2v) is 5.30. The van der Waals surface area contributed by atoms with E-state index in [1.54, 1.807) is 0 Å². The lowest BCUT2D eigenvalue weighted by Crippen LogP contribution is -2.14. The molecule has 1 nitrogen and oxygen atoms in total. The molecule has 0 saturated heterocycles. The maximum absolute atomic E-state index is 8.74. The van der Waals surface area contributed by atoms with Crippen molar-refractivity contribution < 1.29 is 0 Å². The normalized spacial score (nSPS) is 11.1. The summed E-state index contributed by atoms with van der Waals surface area (Å²) in [6, 6.07) is 8.36. The smallest absolute Gasteiger partial charge is 0.0669 e. The molecule has 74 valence electrons. The largest absolute Gasteiger partial charge is 0.198 e. The van der Waals surface area contributed by atoms with Gasteiger partial charge in [0.2, 0.25) is 0 Å². The van der Waals surface area contributed by atoms with E-state index in [2.05, 4.69) is 48.8 Å². The molecule has 0 aromatic heterocycles. The summed E-state index contributed by atoms with van der Waals surface area (Å²) in [7, 11) is 0. The topological polar surface area (TPSA) is 23.8 Å². The van der Waals surface area contributed by atoms with Crippen LogP contribution in [-0.4, -0.2) is 0 Å². The van der Waals surface area contributed by atoms with Crippen LogP contribution >= 0.6 is 15.9 Å². The van der Waals surface area contributed by atoms with Gasteiger partial charge >= 0.3 is 0 Å². The van der Waals surface area contributed by atoms with E-state index < -0.39 is 0 Å². The fourth-order valence-electron chi connectivity index (χ4n) is 1.53. The third kappa shape index (κ3) is 2.59. The van der Waals surface area contributed by atoms with Crippen LogP contribution in [0.25, 0.3) is 0 Å². The van der Waals surface area contributed by atoms with Crippen molar-refractivity contribution in [2.75, 3.05) is 0 Å². The van der Waals surface area contributed by atoms with E-state index in [9.17, 15) is 0 Å². The highest BCUT2D eigenvalue weighted by molar-refractivity contribution is 9.10. The average molecular weight is 252 g/mol. The van der Waals surface area contributed by atoms with Crippen molar-refractivity contribution in [3.8, 4) is 6.07 Å². The van der Waals surface area contributed by atoms with Crippen LogP contribution in [0.3, 0.4) is 0 Å². The first kappa shape index (κ1) is 11.3. The standard InChI is InChI=1S/C12H14BrN/c1-12(2,3)11-5-4-10(13)8-9(11)6-7-14/h4-5,8H,6H2,1-3H3. The number of rotatable bonds is 1. The van der Waals surface area contributed by atoms with Gasteiger partial charge in [-0.1, -0.05) is 42.8 Å². The van der Waals surface area contributed by atoms with E-state index in [-0.39, 0.29) is 5.41 Å². The minimum atomic E-state index is 0.104. The third-order valence-corrected chi connectivity index (χ3v) is 2.64. The van der Waals surface area contributed by atoms with Crippen LogP contribution in [0.5, 0.6) is 0 Å². The Bertz CT molecular complexity index is 369. The van der Waals surface area contributed by atoms with Crippen molar-refractivity contribution in [2.45, 2.75) is 32.6 Å². The minimum Gasteiger partial charge on any atom is -0.198 e. The minimum absolute atomic E-state index is 0.104. The van der Waals surface area contributed by atoms with Gasteiger partial charge in [-0.25, -0.2) is 0 Å². The Morgan fingerprint density at radius 1 is 1.36 bits per heavy atom. The Balaban J connectivity index is 3.23. The van der Waals surface area contributed by atoms with Gasteiger partial charge in [0, 0.05) is 4.47 Å². The highest BCUT2D eigenvalue weighted by atomic mass is 79.9. The zero-order chi connectivity index (χ0) is 10.8. The highest BCUT2D eigenvalue weighted by Gasteiger charge is 2.17. The summed E-state index contributed by atoms with van der Waals surface area (Å²) in [6.45, 7) is 6.49. The molecule has 0 bridgehead atoms. The highest BCUT2D eigenvalue weighted by Crippen LogP contribution is 2.28. The molecule has 1 rings (SSSR count). The number of hydrogen-bond acceptors (Lipinski definition) is 1. The van der Waals surface area contributed by atoms with E-state index in [1.165, 1.54) is 5.56 Å². The molecule has 0 amide bonds. The summed E-state index contributed by atoms with van der Waals surface area (Å²) in [5, 5.41) is 8.74. The van der Waals surface area contributed by atoms with Crippen LogP contribution in [0.15, 0.2) is 22.7 Å². The first-order valence-electron chi connectivity index (χ1n) is 4.61. The SMILES string of the molecule is CC(C)(C)c1ccc(Br)cc1CC#N. The molecular weight excluding hydrogens is 238 g/mol. The molecule has 0 aliphatic heterocycles. The molecule has 0 fully saturated rings. The van der Waals surface area contributed by atoms with E-state index in [0.29, 0.717) is 6.42 Å². The Kier molecular flexibility index (Phi) is 3.34. The van der Waals surface area contributed by atoms with Crippen LogP contribution in [0.2, 0.25) is 0 Å². The quantitative estimate of drug-likeness (QED) is 0.745. The van der Waals surface area contributed by atoms with E-state index in [4.69, 9.17) is 5.26 Å². The Hall–Kier alpha value is -0.810. The Morgan fingerprint density at radius 3 is 2.50 bits per heavy atom. The number of benzene rings is 1. The van der Waals surface area contributed by atoms with Crippen molar-refractivity contribution in [3.05, 3.63) is 33.8 Å². The molecule has 0 atom stereocenters. The van der Waals surface area contributed by atoms with Crippen LogP contribution in [0.4, 0.5) is 0 Å². The molecule has 1 aromatic carbocycles. The van der Waals surface area contributed by atoms with Gasteiger partial charge in [0.1, 0.15) is 0 Å². The predicted octanol–water partition coefficient (Wildman–Crippen LogP) is 3.81. The number of nitrogens with zero attached hydrogens (tertiary/aromatic N) is 1. The van der Waals surface area contributed by atoms with Crippen LogP contribution in [-0.2, 0) is 11.8 Å². The summed E-state index contributed by atoms with van der Waals surface area (Å²) in [4.78, 5) is 0. The van der Waals surface area contributed by atoms with Crippen LogP contribution in [0, 0.1) is 11.3 Å². The fraction of sp³-hybridized carbons (Fsp3) is 0.417. The Morgan fingerprint density at radius 2 is 2.00 bits per heavy atom.